The first-order chi connectivity index (χ1) is 14.8. The molecule has 8 nitrogen and oxygen atoms in total. The first kappa shape index (κ1) is 21.0. The van der Waals surface area contributed by atoms with E-state index >= 15 is 0 Å². The molecule has 0 radical (unpaired) electrons. The van der Waals surface area contributed by atoms with Crippen molar-refractivity contribution in [1.82, 2.24) is 30.0 Å². The number of likely N-dealkylation sites (tertiary alicyclic amines) is 1. The standard InChI is InChI=1S/C20H21F3N6O2/c1-2-4-17-24-18(31-26-17)16-12-29(27-25-16)15-7-9-28(10-8-15)19(30)13-5-3-6-14(11-13)20(21,22)23/h3,5-6,11-12,15H,2,4,7-10H2,1H3. The van der Waals surface area contributed by atoms with Crippen molar-refractivity contribution >= 4 is 5.91 Å². The minimum absolute atomic E-state index is 0.0184. The van der Waals surface area contributed by atoms with E-state index in [0.29, 0.717) is 43.3 Å². The highest BCUT2D eigenvalue weighted by molar-refractivity contribution is 5.94. The van der Waals surface area contributed by atoms with E-state index in [-0.39, 0.29) is 11.6 Å². The summed E-state index contributed by atoms with van der Waals surface area (Å²) in [6.07, 6.45) is 0.0955. The number of hydrogen-bond donors (Lipinski definition) is 0. The Morgan fingerprint density at radius 3 is 2.74 bits per heavy atom. The summed E-state index contributed by atoms with van der Waals surface area (Å²) in [4.78, 5) is 18.5. The summed E-state index contributed by atoms with van der Waals surface area (Å²) in [7, 11) is 0. The van der Waals surface area contributed by atoms with Crippen LogP contribution in [0.4, 0.5) is 13.2 Å². The largest absolute Gasteiger partial charge is 0.416 e. The minimum atomic E-state index is -4.48. The van der Waals surface area contributed by atoms with Crippen LogP contribution in [0.25, 0.3) is 11.6 Å². The van der Waals surface area contributed by atoms with Crippen molar-refractivity contribution in [3.8, 4) is 11.6 Å². The monoisotopic (exact) mass is 434 g/mol. The average Bonchev–Trinajstić information content (AvgIpc) is 3.43. The van der Waals surface area contributed by atoms with Gasteiger partial charge in [0.05, 0.1) is 17.8 Å². The lowest BCUT2D eigenvalue weighted by Crippen LogP contribution is -2.39. The Morgan fingerprint density at radius 1 is 1.26 bits per heavy atom. The maximum Gasteiger partial charge on any atom is 0.416 e. The predicted octanol–water partition coefficient (Wildman–Crippen LogP) is 3.78. The lowest BCUT2D eigenvalue weighted by molar-refractivity contribution is -0.137. The molecule has 164 valence electrons. The van der Waals surface area contributed by atoms with Crippen LogP contribution in [-0.2, 0) is 12.6 Å². The van der Waals surface area contributed by atoms with Crippen molar-refractivity contribution in [2.45, 2.75) is 44.8 Å². The predicted molar refractivity (Wildman–Crippen MR) is 103 cm³/mol. The molecule has 1 fully saturated rings. The molecule has 3 heterocycles. The molecule has 0 spiro atoms. The van der Waals surface area contributed by atoms with E-state index in [9.17, 15) is 18.0 Å². The van der Waals surface area contributed by atoms with E-state index in [2.05, 4.69) is 20.5 Å². The fourth-order valence-electron chi connectivity index (χ4n) is 3.58. The fraction of sp³-hybridized carbons (Fsp3) is 0.450. The maximum atomic E-state index is 12.9. The van der Waals surface area contributed by atoms with Crippen molar-refractivity contribution < 1.29 is 22.5 Å². The van der Waals surface area contributed by atoms with Gasteiger partial charge in [0.15, 0.2) is 11.5 Å². The molecular formula is C20H21F3N6O2. The maximum absolute atomic E-state index is 12.9. The number of hydrogen-bond acceptors (Lipinski definition) is 6. The van der Waals surface area contributed by atoms with Crippen molar-refractivity contribution in [2.24, 2.45) is 0 Å². The molecule has 0 atom stereocenters. The molecule has 1 amide bonds. The van der Waals surface area contributed by atoms with Gasteiger partial charge in [0.1, 0.15) is 0 Å². The normalized spacial score (nSPS) is 15.4. The Morgan fingerprint density at radius 2 is 2.03 bits per heavy atom. The van der Waals surface area contributed by atoms with E-state index in [1.54, 1.807) is 15.8 Å². The fourth-order valence-corrected chi connectivity index (χ4v) is 3.58. The van der Waals surface area contributed by atoms with Gasteiger partial charge in [-0.15, -0.1) is 5.10 Å². The molecule has 11 heteroatoms. The highest BCUT2D eigenvalue weighted by atomic mass is 19.4. The highest BCUT2D eigenvalue weighted by Crippen LogP contribution is 2.30. The molecule has 1 saturated heterocycles. The Labute approximate surface area is 176 Å². The molecule has 0 aliphatic carbocycles. The minimum Gasteiger partial charge on any atom is -0.338 e. The molecule has 1 aliphatic heterocycles. The van der Waals surface area contributed by atoms with E-state index in [4.69, 9.17) is 4.52 Å². The molecule has 0 bridgehead atoms. The lowest BCUT2D eigenvalue weighted by Gasteiger charge is -2.32. The molecule has 31 heavy (non-hydrogen) atoms. The van der Waals surface area contributed by atoms with E-state index in [1.165, 1.54) is 12.1 Å². The third-order valence-electron chi connectivity index (χ3n) is 5.23. The van der Waals surface area contributed by atoms with Crippen LogP contribution in [0.15, 0.2) is 35.0 Å². The van der Waals surface area contributed by atoms with E-state index in [0.717, 1.165) is 25.0 Å². The number of piperidine rings is 1. The molecule has 0 saturated carbocycles. The third kappa shape index (κ3) is 4.59. The molecule has 0 N–H and O–H groups in total. The van der Waals surface area contributed by atoms with Gasteiger partial charge in [0, 0.05) is 25.1 Å². The van der Waals surface area contributed by atoms with Gasteiger partial charge in [0.25, 0.3) is 11.8 Å². The topological polar surface area (TPSA) is 89.9 Å². The number of carbonyl (C=O) groups excluding carboxylic acids is 1. The van der Waals surface area contributed by atoms with Gasteiger partial charge < -0.3 is 9.42 Å². The number of aromatic nitrogens is 5. The number of aryl methyl sites for hydroxylation is 1. The Hall–Kier alpha value is -3.24. The second-order valence-electron chi connectivity index (χ2n) is 7.45. The smallest absolute Gasteiger partial charge is 0.338 e. The number of alkyl halides is 3. The SMILES string of the molecule is CCCc1noc(-c2cn(C3CCN(C(=O)c4cccc(C(F)(F)F)c4)CC3)nn2)n1. The summed E-state index contributed by atoms with van der Waals surface area (Å²) in [5.41, 5.74) is -0.306. The molecule has 3 aromatic rings. The zero-order chi connectivity index (χ0) is 22.0. The van der Waals surface area contributed by atoms with Crippen LogP contribution < -0.4 is 0 Å². The summed E-state index contributed by atoms with van der Waals surface area (Å²) >= 11 is 0. The number of carbonyl (C=O) groups is 1. The quantitative estimate of drug-likeness (QED) is 0.607. The zero-order valence-corrected chi connectivity index (χ0v) is 16.8. The molecular weight excluding hydrogens is 413 g/mol. The van der Waals surface area contributed by atoms with Crippen LogP contribution in [0.1, 0.15) is 54.0 Å². The molecule has 1 aliphatic rings. The van der Waals surface area contributed by atoms with Crippen LogP contribution in [0.5, 0.6) is 0 Å². The third-order valence-corrected chi connectivity index (χ3v) is 5.23. The molecule has 0 unspecified atom stereocenters. The molecule has 1 aromatic carbocycles. The first-order valence-corrected chi connectivity index (χ1v) is 10.1. The summed E-state index contributed by atoms with van der Waals surface area (Å²) in [6.45, 7) is 2.85. The second kappa shape index (κ2) is 8.48. The van der Waals surface area contributed by atoms with Gasteiger partial charge in [-0.05, 0) is 37.5 Å². The van der Waals surface area contributed by atoms with Crippen LogP contribution in [0.3, 0.4) is 0 Å². The summed E-state index contributed by atoms with van der Waals surface area (Å²) in [6, 6.07) is 4.54. The number of benzene rings is 1. The van der Waals surface area contributed by atoms with Gasteiger partial charge >= 0.3 is 6.18 Å². The van der Waals surface area contributed by atoms with Crippen LogP contribution in [0.2, 0.25) is 0 Å². The first-order valence-electron chi connectivity index (χ1n) is 10.1. The second-order valence-corrected chi connectivity index (χ2v) is 7.45. The van der Waals surface area contributed by atoms with Gasteiger partial charge in [-0.2, -0.15) is 18.2 Å². The Kier molecular flexibility index (Phi) is 5.75. The van der Waals surface area contributed by atoms with Crippen LogP contribution in [-0.4, -0.2) is 49.0 Å². The van der Waals surface area contributed by atoms with E-state index < -0.39 is 17.6 Å². The van der Waals surface area contributed by atoms with Gasteiger partial charge in [0.2, 0.25) is 0 Å². The van der Waals surface area contributed by atoms with Crippen LogP contribution in [0, 0.1) is 0 Å². The summed E-state index contributed by atoms with van der Waals surface area (Å²) in [5.74, 6) is 0.526. The van der Waals surface area contributed by atoms with Gasteiger partial charge in [-0.1, -0.05) is 23.4 Å². The molecule has 4 rings (SSSR count). The highest BCUT2D eigenvalue weighted by Gasteiger charge is 2.32. The Bertz CT molecular complexity index is 1050. The number of rotatable bonds is 5. The van der Waals surface area contributed by atoms with E-state index in [1.807, 2.05) is 6.92 Å². The van der Waals surface area contributed by atoms with Crippen molar-refractivity contribution in [3.63, 3.8) is 0 Å². The lowest BCUT2D eigenvalue weighted by atomic mass is 10.0. The number of halogens is 3. The van der Waals surface area contributed by atoms with Crippen molar-refractivity contribution in [3.05, 3.63) is 47.4 Å². The number of amides is 1. The van der Waals surface area contributed by atoms with Gasteiger partial charge in [-0.3, -0.25) is 4.79 Å². The molecule has 2 aromatic heterocycles. The average molecular weight is 434 g/mol. The van der Waals surface area contributed by atoms with Crippen LogP contribution >= 0.6 is 0 Å². The van der Waals surface area contributed by atoms with Crippen molar-refractivity contribution in [2.75, 3.05) is 13.1 Å². The van der Waals surface area contributed by atoms with Gasteiger partial charge in [-0.25, -0.2) is 4.68 Å². The zero-order valence-electron chi connectivity index (χ0n) is 16.8. The summed E-state index contributed by atoms with van der Waals surface area (Å²) in [5, 5.41) is 12.2. The van der Waals surface area contributed by atoms with Crippen molar-refractivity contribution in [1.29, 1.82) is 0 Å². The summed E-state index contributed by atoms with van der Waals surface area (Å²) < 4.78 is 45.7. The number of nitrogens with zero attached hydrogens (tertiary/aromatic N) is 6. The Balaban J connectivity index is 1.39.